The third-order valence-corrected chi connectivity index (χ3v) is 3.16. The zero-order chi connectivity index (χ0) is 13.0. The first-order valence-electron chi connectivity index (χ1n) is 5.59. The Bertz CT molecular complexity index is 435. The average Bonchev–Trinajstić information content (AvgIpc) is 2.40. The Balaban J connectivity index is 1.88. The normalized spacial score (nSPS) is 19.6. The summed E-state index contributed by atoms with van der Waals surface area (Å²) in [4.78, 5) is 11.8. The fraction of sp³-hybridized carbons (Fsp3) is 0.417. The summed E-state index contributed by atoms with van der Waals surface area (Å²) in [6.45, 7) is 2.00. The van der Waals surface area contributed by atoms with Crippen LogP contribution in [0.4, 0.5) is 4.39 Å². The highest BCUT2D eigenvalue weighted by Gasteiger charge is 2.16. The molecule has 1 N–H and O–H groups in total. The Morgan fingerprint density at radius 3 is 3.00 bits per heavy atom. The van der Waals surface area contributed by atoms with Gasteiger partial charge in [0.1, 0.15) is 5.82 Å². The highest BCUT2D eigenvalue weighted by atomic mass is 79.9. The minimum absolute atomic E-state index is 0.119. The Hall–Kier alpha value is -0.980. The first-order chi connectivity index (χ1) is 8.66. The van der Waals surface area contributed by atoms with Crippen LogP contribution >= 0.6 is 15.9 Å². The predicted molar refractivity (Wildman–Crippen MR) is 67.0 cm³/mol. The number of hydrogen-bond acceptors (Lipinski definition) is 3. The van der Waals surface area contributed by atoms with Crippen molar-refractivity contribution in [3.8, 4) is 0 Å². The van der Waals surface area contributed by atoms with Gasteiger partial charge in [0, 0.05) is 12.1 Å². The fourth-order valence-corrected chi connectivity index (χ4v) is 1.98. The van der Waals surface area contributed by atoms with Gasteiger partial charge in [-0.1, -0.05) is 0 Å². The fourth-order valence-electron chi connectivity index (χ4n) is 1.60. The number of carbonyl (C=O) groups is 1. The molecule has 4 nitrogen and oxygen atoms in total. The van der Waals surface area contributed by atoms with Crippen LogP contribution in [0.3, 0.4) is 0 Å². The van der Waals surface area contributed by atoms with Crippen LogP contribution in [0.15, 0.2) is 22.7 Å². The molecule has 18 heavy (non-hydrogen) atoms. The van der Waals surface area contributed by atoms with Crippen molar-refractivity contribution in [2.24, 2.45) is 0 Å². The molecule has 1 atom stereocenters. The molecule has 98 valence electrons. The van der Waals surface area contributed by atoms with Crippen molar-refractivity contribution in [2.45, 2.75) is 6.10 Å². The van der Waals surface area contributed by atoms with E-state index in [0.29, 0.717) is 31.9 Å². The Kier molecular flexibility index (Phi) is 4.68. The maximum atomic E-state index is 13.0. The summed E-state index contributed by atoms with van der Waals surface area (Å²) >= 11 is 3.04. The SMILES string of the molecule is O=C(NCC1COCCO1)c1ccc(F)c(Br)c1. The second kappa shape index (κ2) is 6.26. The zero-order valence-electron chi connectivity index (χ0n) is 9.62. The van der Waals surface area contributed by atoms with Crippen LogP contribution in [0.25, 0.3) is 0 Å². The van der Waals surface area contributed by atoms with Gasteiger partial charge in [-0.05, 0) is 34.1 Å². The van der Waals surface area contributed by atoms with Gasteiger partial charge < -0.3 is 14.8 Å². The van der Waals surface area contributed by atoms with Crippen LogP contribution < -0.4 is 5.32 Å². The van der Waals surface area contributed by atoms with E-state index in [1.54, 1.807) is 0 Å². The highest BCUT2D eigenvalue weighted by Crippen LogP contribution is 2.16. The van der Waals surface area contributed by atoms with Gasteiger partial charge in [-0.15, -0.1) is 0 Å². The molecule has 1 fully saturated rings. The van der Waals surface area contributed by atoms with Crippen LogP contribution in [0.1, 0.15) is 10.4 Å². The van der Waals surface area contributed by atoms with Gasteiger partial charge in [-0.3, -0.25) is 4.79 Å². The number of amides is 1. The molecule has 1 saturated heterocycles. The quantitative estimate of drug-likeness (QED) is 0.923. The lowest BCUT2D eigenvalue weighted by molar-refractivity contribution is -0.0855. The van der Waals surface area contributed by atoms with Crippen LogP contribution in [0.2, 0.25) is 0 Å². The van der Waals surface area contributed by atoms with Crippen molar-refractivity contribution in [1.82, 2.24) is 5.32 Å². The molecule has 6 heteroatoms. The monoisotopic (exact) mass is 317 g/mol. The van der Waals surface area contributed by atoms with Crippen molar-refractivity contribution in [1.29, 1.82) is 0 Å². The molecular formula is C12H13BrFNO3. The Morgan fingerprint density at radius 1 is 1.50 bits per heavy atom. The smallest absolute Gasteiger partial charge is 0.251 e. The standard InChI is InChI=1S/C12H13BrFNO3/c13-10-5-8(1-2-11(10)14)12(16)15-6-9-7-17-3-4-18-9/h1-2,5,9H,3-4,6-7H2,(H,15,16). The van der Waals surface area contributed by atoms with E-state index in [2.05, 4.69) is 21.2 Å². The molecule has 1 unspecified atom stereocenters. The number of hydrogen-bond donors (Lipinski definition) is 1. The van der Waals surface area contributed by atoms with E-state index in [1.807, 2.05) is 0 Å². The highest BCUT2D eigenvalue weighted by molar-refractivity contribution is 9.10. The van der Waals surface area contributed by atoms with Crippen LogP contribution in [0.5, 0.6) is 0 Å². The van der Waals surface area contributed by atoms with Gasteiger partial charge >= 0.3 is 0 Å². The van der Waals surface area contributed by atoms with Gasteiger partial charge in [-0.25, -0.2) is 4.39 Å². The number of halogens is 2. The minimum atomic E-state index is -0.393. The van der Waals surface area contributed by atoms with Crippen molar-refractivity contribution in [2.75, 3.05) is 26.4 Å². The molecule has 0 spiro atoms. The number of carbonyl (C=O) groups excluding carboxylic acids is 1. The average molecular weight is 318 g/mol. The minimum Gasteiger partial charge on any atom is -0.376 e. The second-order valence-corrected chi connectivity index (χ2v) is 4.76. The van der Waals surface area contributed by atoms with E-state index >= 15 is 0 Å². The molecule has 2 rings (SSSR count). The molecule has 1 heterocycles. The number of benzene rings is 1. The van der Waals surface area contributed by atoms with Crippen LogP contribution in [-0.4, -0.2) is 38.4 Å². The van der Waals surface area contributed by atoms with Crippen molar-refractivity contribution in [3.05, 3.63) is 34.1 Å². The van der Waals surface area contributed by atoms with Gasteiger partial charge in [-0.2, -0.15) is 0 Å². The molecule has 1 aliphatic heterocycles. The van der Waals surface area contributed by atoms with Crippen LogP contribution in [0, 0.1) is 5.82 Å². The van der Waals surface area contributed by atoms with E-state index in [4.69, 9.17) is 9.47 Å². The first kappa shape index (κ1) is 13.5. The lowest BCUT2D eigenvalue weighted by atomic mass is 10.2. The third kappa shape index (κ3) is 3.51. The molecule has 0 radical (unpaired) electrons. The van der Waals surface area contributed by atoms with Gasteiger partial charge in [0.15, 0.2) is 0 Å². The van der Waals surface area contributed by atoms with Crippen molar-refractivity contribution < 1.29 is 18.7 Å². The molecular weight excluding hydrogens is 305 g/mol. The predicted octanol–water partition coefficient (Wildman–Crippen LogP) is 1.73. The number of ether oxygens (including phenoxy) is 2. The topological polar surface area (TPSA) is 47.6 Å². The summed E-state index contributed by atoms with van der Waals surface area (Å²) < 4.78 is 23.9. The summed E-state index contributed by atoms with van der Waals surface area (Å²) in [5, 5.41) is 2.73. The molecule has 0 saturated carbocycles. The summed E-state index contributed by atoms with van der Waals surface area (Å²) in [5.74, 6) is -0.652. The largest absolute Gasteiger partial charge is 0.376 e. The molecule has 1 amide bonds. The molecule has 1 aromatic rings. The molecule has 0 bridgehead atoms. The maximum absolute atomic E-state index is 13.0. The summed E-state index contributed by atoms with van der Waals surface area (Å²) in [5.41, 5.74) is 0.403. The zero-order valence-corrected chi connectivity index (χ0v) is 11.2. The molecule has 0 aliphatic carbocycles. The maximum Gasteiger partial charge on any atom is 0.251 e. The van der Waals surface area contributed by atoms with Gasteiger partial charge in [0.05, 0.1) is 30.4 Å². The van der Waals surface area contributed by atoms with Crippen LogP contribution in [-0.2, 0) is 9.47 Å². The van der Waals surface area contributed by atoms with E-state index in [1.165, 1.54) is 18.2 Å². The van der Waals surface area contributed by atoms with E-state index in [9.17, 15) is 9.18 Å². The molecule has 1 aromatic carbocycles. The molecule has 0 aromatic heterocycles. The van der Waals surface area contributed by atoms with Crippen molar-refractivity contribution in [3.63, 3.8) is 0 Å². The first-order valence-corrected chi connectivity index (χ1v) is 6.38. The Morgan fingerprint density at radius 2 is 2.33 bits per heavy atom. The molecule has 1 aliphatic rings. The van der Waals surface area contributed by atoms with E-state index < -0.39 is 5.82 Å². The number of rotatable bonds is 3. The lowest BCUT2D eigenvalue weighted by Gasteiger charge is -2.23. The van der Waals surface area contributed by atoms with Crippen molar-refractivity contribution >= 4 is 21.8 Å². The van der Waals surface area contributed by atoms with E-state index in [0.717, 1.165) is 0 Å². The summed E-state index contributed by atoms with van der Waals surface area (Å²) in [6, 6.07) is 4.13. The van der Waals surface area contributed by atoms with Gasteiger partial charge in [0.25, 0.3) is 5.91 Å². The lowest BCUT2D eigenvalue weighted by Crippen LogP contribution is -2.39. The second-order valence-electron chi connectivity index (χ2n) is 3.91. The Labute approximate surface area is 113 Å². The summed E-state index contributed by atoms with van der Waals surface area (Å²) in [7, 11) is 0. The van der Waals surface area contributed by atoms with E-state index in [-0.39, 0.29) is 16.5 Å². The van der Waals surface area contributed by atoms with Gasteiger partial charge in [0.2, 0.25) is 0 Å². The number of nitrogens with one attached hydrogen (secondary N) is 1. The summed E-state index contributed by atoms with van der Waals surface area (Å²) in [6.07, 6.45) is -0.119. The third-order valence-electron chi connectivity index (χ3n) is 2.56.